The van der Waals surface area contributed by atoms with Crippen LogP contribution in [0, 0.1) is 0 Å². The lowest BCUT2D eigenvalue weighted by molar-refractivity contribution is -0.154. The van der Waals surface area contributed by atoms with E-state index in [4.69, 9.17) is 9.47 Å². The molecule has 0 spiro atoms. The molecule has 3 rings (SSSR count). The zero-order valence-corrected chi connectivity index (χ0v) is 5.95. The first-order chi connectivity index (χ1) is 4.93. The van der Waals surface area contributed by atoms with Crippen LogP contribution in [0.5, 0.6) is 0 Å². The summed E-state index contributed by atoms with van der Waals surface area (Å²) in [5.74, 6) is 0. The van der Waals surface area contributed by atoms with Crippen LogP contribution < -0.4 is 0 Å². The third-order valence-electron chi connectivity index (χ3n) is 3.00. The molecule has 2 heteroatoms. The highest BCUT2D eigenvalue weighted by molar-refractivity contribution is 4.95. The van der Waals surface area contributed by atoms with E-state index in [1.807, 2.05) is 0 Å². The van der Waals surface area contributed by atoms with Gasteiger partial charge < -0.3 is 9.47 Å². The van der Waals surface area contributed by atoms with E-state index < -0.39 is 0 Å². The molecule has 2 nitrogen and oxygen atoms in total. The van der Waals surface area contributed by atoms with E-state index in [0.29, 0.717) is 24.4 Å². The highest BCUT2D eigenvalue weighted by Crippen LogP contribution is 2.41. The lowest BCUT2D eigenvalue weighted by Crippen LogP contribution is -2.36. The fraction of sp³-hybridized carbons (Fsp3) is 1.00. The van der Waals surface area contributed by atoms with Gasteiger partial charge in [-0.1, -0.05) is 0 Å². The van der Waals surface area contributed by atoms with Crippen molar-refractivity contribution in [2.24, 2.45) is 0 Å². The van der Waals surface area contributed by atoms with Gasteiger partial charge in [-0.2, -0.15) is 0 Å². The van der Waals surface area contributed by atoms with Crippen LogP contribution >= 0.6 is 0 Å². The molecule has 0 amide bonds. The van der Waals surface area contributed by atoms with E-state index in [9.17, 15) is 0 Å². The maximum absolute atomic E-state index is 5.76. The molecule has 4 atom stereocenters. The second kappa shape index (κ2) is 1.74. The Labute approximate surface area is 60.5 Å². The molecular formula is C8H12O2. The quantitative estimate of drug-likeness (QED) is 0.501. The van der Waals surface area contributed by atoms with Gasteiger partial charge in [-0.3, -0.25) is 0 Å². The molecule has 3 aliphatic heterocycles. The Balaban J connectivity index is 1.94. The van der Waals surface area contributed by atoms with Gasteiger partial charge in [0.05, 0.1) is 24.4 Å². The van der Waals surface area contributed by atoms with Crippen LogP contribution in [-0.2, 0) is 9.47 Å². The summed E-state index contributed by atoms with van der Waals surface area (Å²) >= 11 is 0. The van der Waals surface area contributed by atoms with Crippen LogP contribution in [0.15, 0.2) is 0 Å². The molecule has 3 fully saturated rings. The van der Waals surface area contributed by atoms with Gasteiger partial charge in [0, 0.05) is 0 Å². The molecule has 0 aromatic rings. The Kier molecular flexibility index (Phi) is 0.968. The molecule has 0 N–H and O–H groups in total. The zero-order chi connectivity index (χ0) is 6.55. The van der Waals surface area contributed by atoms with Crippen LogP contribution in [0.1, 0.15) is 25.7 Å². The molecule has 10 heavy (non-hydrogen) atoms. The summed E-state index contributed by atoms with van der Waals surface area (Å²) in [6, 6.07) is 0. The zero-order valence-electron chi connectivity index (χ0n) is 5.95. The average molecular weight is 140 g/mol. The second-order valence-electron chi connectivity index (χ2n) is 3.58. The van der Waals surface area contributed by atoms with Crippen molar-refractivity contribution in [3.05, 3.63) is 0 Å². The number of fused-ring (bicyclic) bond motifs is 6. The lowest BCUT2D eigenvalue weighted by atomic mass is 10.0. The number of hydrogen-bond donors (Lipinski definition) is 0. The first kappa shape index (κ1) is 5.56. The molecule has 3 aliphatic rings. The predicted molar refractivity (Wildman–Crippen MR) is 35.8 cm³/mol. The Morgan fingerprint density at radius 2 is 0.900 bits per heavy atom. The maximum Gasteiger partial charge on any atom is 0.0842 e. The largest absolute Gasteiger partial charge is 0.370 e. The summed E-state index contributed by atoms with van der Waals surface area (Å²) in [5.41, 5.74) is 0. The topological polar surface area (TPSA) is 18.5 Å². The monoisotopic (exact) mass is 140 g/mol. The summed E-state index contributed by atoms with van der Waals surface area (Å²) in [5, 5.41) is 0. The SMILES string of the molecule is C1C[C@H]2O[C@@H]1[C@@H]1CC[C@H]2O1. The van der Waals surface area contributed by atoms with Crippen LogP contribution in [0.2, 0.25) is 0 Å². The standard InChI is InChI=1S/C8H12O2/c1-2-6-8-4-3-7(10-8)5(1)9-6/h5-8H,1-4H2/t5-,6+,7-,8+. The molecule has 3 heterocycles. The molecule has 4 bridgehead atoms. The molecular weight excluding hydrogens is 128 g/mol. The maximum atomic E-state index is 5.76. The summed E-state index contributed by atoms with van der Waals surface area (Å²) in [4.78, 5) is 0. The highest BCUT2D eigenvalue weighted by Gasteiger charge is 2.47. The first-order valence-corrected chi connectivity index (χ1v) is 4.24. The first-order valence-electron chi connectivity index (χ1n) is 4.24. The third kappa shape index (κ3) is 0.565. The Morgan fingerprint density at radius 3 is 1.20 bits per heavy atom. The Morgan fingerprint density at radius 1 is 0.600 bits per heavy atom. The fourth-order valence-corrected chi connectivity index (χ4v) is 2.47. The normalized spacial score (nSPS) is 57.6. The van der Waals surface area contributed by atoms with Crippen molar-refractivity contribution < 1.29 is 9.47 Å². The predicted octanol–water partition coefficient (Wildman–Crippen LogP) is 1.10. The molecule has 0 aromatic carbocycles. The van der Waals surface area contributed by atoms with E-state index in [2.05, 4.69) is 0 Å². The summed E-state index contributed by atoms with van der Waals surface area (Å²) in [7, 11) is 0. The minimum Gasteiger partial charge on any atom is -0.370 e. The van der Waals surface area contributed by atoms with Crippen molar-refractivity contribution >= 4 is 0 Å². The molecule has 56 valence electrons. The van der Waals surface area contributed by atoms with Crippen molar-refractivity contribution in [2.45, 2.75) is 50.1 Å². The van der Waals surface area contributed by atoms with Gasteiger partial charge in [-0.15, -0.1) is 0 Å². The van der Waals surface area contributed by atoms with Crippen molar-refractivity contribution in [3.8, 4) is 0 Å². The molecule has 3 saturated heterocycles. The summed E-state index contributed by atoms with van der Waals surface area (Å²) < 4.78 is 11.5. The average Bonchev–Trinajstić information content (AvgIpc) is 2.41. The smallest absolute Gasteiger partial charge is 0.0842 e. The molecule has 0 aromatic heterocycles. The van der Waals surface area contributed by atoms with Gasteiger partial charge in [0.2, 0.25) is 0 Å². The number of rotatable bonds is 0. The van der Waals surface area contributed by atoms with Crippen molar-refractivity contribution in [2.75, 3.05) is 0 Å². The van der Waals surface area contributed by atoms with Crippen LogP contribution in [0.4, 0.5) is 0 Å². The summed E-state index contributed by atoms with van der Waals surface area (Å²) in [6.45, 7) is 0. The Hall–Kier alpha value is -0.0800. The molecule has 0 aliphatic carbocycles. The molecule has 0 radical (unpaired) electrons. The number of hydrogen-bond acceptors (Lipinski definition) is 2. The van der Waals surface area contributed by atoms with Crippen molar-refractivity contribution in [1.82, 2.24) is 0 Å². The van der Waals surface area contributed by atoms with Crippen molar-refractivity contribution in [3.63, 3.8) is 0 Å². The van der Waals surface area contributed by atoms with E-state index >= 15 is 0 Å². The van der Waals surface area contributed by atoms with E-state index in [-0.39, 0.29) is 0 Å². The van der Waals surface area contributed by atoms with Crippen LogP contribution in [-0.4, -0.2) is 24.4 Å². The third-order valence-corrected chi connectivity index (χ3v) is 3.00. The minimum absolute atomic E-state index is 0.462. The fourth-order valence-electron chi connectivity index (χ4n) is 2.47. The molecule has 0 saturated carbocycles. The molecule has 0 unspecified atom stereocenters. The second-order valence-corrected chi connectivity index (χ2v) is 3.58. The lowest BCUT2D eigenvalue weighted by Gasteiger charge is -2.27. The van der Waals surface area contributed by atoms with Gasteiger partial charge in [-0.25, -0.2) is 0 Å². The number of ether oxygens (including phenoxy) is 2. The van der Waals surface area contributed by atoms with Gasteiger partial charge >= 0.3 is 0 Å². The van der Waals surface area contributed by atoms with Crippen molar-refractivity contribution in [1.29, 1.82) is 0 Å². The summed E-state index contributed by atoms with van der Waals surface area (Å²) in [6.07, 6.45) is 6.81. The van der Waals surface area contributed by atoms with Crippen LogP contribution in [0.3, 0.4) is 0 Å². The van der Waals surface area contributed by atoms with Gasteiger partial charge in [0.1, 0.15) is 0 Å². The van der Waals surface area contributed by atoms with E-state index in [1.54, 1.807) is 0 Å². The van der Waals surface area contributed by atoms with Gasteiger partial charge in [0.15, 0.2) is 0 Å². The van der Waals surface area contributed by atoms with Gasteiger partial charge in [0.25, 0.3) is 0 Å². The van der Waals surface area contributed by atoms with E-state index in [1.165, 1.54) is 25.7 Å². The van der Waals surface area contributed by atoms with E-state index in [0.717, 1.165) is 0 Å². The Bertz CT molecular complexity index is 123. The van der Waals surface area contributed by atoms with Gasteiger partial charge in [-0.05, 0) is 25.7 Å². The minimum atomic E-state index is 0.462. The highest BCUT2D eigenvalue weighted by atomic mass is 16.6. The van der Waals surface area contributed by atoms with Crippen LogP contribution in [0.25, 0.3) is 0 Å².